The number of hydrogen-bond donors (Lipinski definition) is 2. The van der Waals surface area contributed by atoms with Gasteiger partial charge in [-0.05, 0) is 30.1 Å². The molecule has 2 N–H and O–H groups in total. The summed E-state index contributed by atoms with van der Waals surface area (Å²) in [6.45, 7) is 7.90. The molecular weight excluding hydrogens is 244 g/mol. The van der Waals surface area contributed by atoms with Crippen LogP contribution in [0.5, 0.6) is 0 Å². The zero-order valence-electron chi connectivity index (χ0n) is 11.3. The van der Waals surface area contributed by atoms with Crippen LogP contribution in [0.15, 0.2) is 12.2 Å². The van der Waals surface area contributed by atoms with Gasteiger partial charge in [0.05, 0.1) is 6.10 Å². The van der Waals surface area contributed by atoms with Crippen molar-refractivity contribution in [3.05, 3.63) is 12.2 Å². The van der Waals surface area contributed by atoms with E-state index in [1.165, 1.54) is 0 Å². The van der Waals surface area contributed by atoms with Gasteiger partial charge in [-0.15, -0.1) is 0 Å². The Morgan fingerprint density at radius 3 is 2.84 bits per heavy atom. The third-order valence-electron chi connectivity index (χ3n) is 6.60. The molecule has 4 aliphatic rings. The first-order valence-electron chi connectivity index (χ1n) is 7.12. The van der Waals surface area contributed by atoms with Gasteiger partial charge in [0.15, 0.2) is 0 Å². The van der Waals surface area contributed by atoms with Crippen LogP contribution in [0.4, 0.5) is 0 Å². The Bertz CT molecular complexity index is 500. The van der Waals surface area contributed by atoms with E-state index < -0.39 is 17.8 Å². The predicted molar refractivity (Wildman–Crippen MR) is 67.0 cm³/mol. The lowest BCUT2D eigenvalue weighted by Gasteiger charge is -2.47. The maximum atomic E-state index is 11.8. The Kier molecular flexibility index (Phi) is 1.92. The maximum absolute atomic E-state index is 11.8. The molecule has 0 amide bonds. The standard InChI is InChI=1S/C15H20O4/c1-6-11-8-5-14(8,3)10-4-9(16)7(2)15(10,18)12(11)19-13(6)17/h7-12,16,18H,1,4-5H2,2-3H3/t7-,8+,9-,10-,11+,12+,14+,15+/m0/s1. The van der Waals surface area contributed by atoms with Crippen LogP contribution in [0.1, 0.15) is 26.7 Å². The zero-order chi connectivity index (χ0) is 13.7. The first-order valence-corrected chi connectivity index (χ1v) is 7.12. The molecule has 4 rings (SSSR count). The summed E-state index contributed by atoms with van der Waals surface area (Å²) in [6.07, 6.45) is 0.582. The number of esters is 1. The number of aliphatic hydroxyl groups is 2. The highest BCUT2D eigenvalue weighted by atomic mass is 16.6. The van der Waals surface area contributed by atoms with Crippen LogP contribution in [-0.2, 0) is 9.53 Å². The van der Waals surface area contributed by atoms with Gasteiger partial charge in [0.25, 0.3) is 0 Å². The molecule has 0 aromatic carbocycles. The molecule has 0 spiro atoms. The molecule has 3 saturated carbocycles. The first-order chi connectivity index (χ1) is 8.81. The van der Waals surface area contributed by atoms with Crippen LogP contribution in [0.25, 0.3) is 0 Å². The molecule has 4 heteroatoms. The summed E-state index contributed by atoms with van der Waals surface area (Å²) >= 11 is 0. The Morgan fingerprint density at radius 2 is 2.16 bits per heavy atom. The Hall–Kier alpha value is -0.870. The minimum absolute atomic E-state index is 0.0231. The molecule has 4 nitrogen and oxygen atoms in total. The minimum Gasteiger partial charge on any atom is -0.455 e. The quantitative estimate of drug-likeness (QED) is 0.503. The first kappa shape index (κ1) is 11.9. The third-order valence-corrected chi connectivity index (χ3v) is 6.60. The molecule has 0 aromatic heterocycles. The van der Waals surface area contributed by atoms with Crippen molar-refractivity contribution in [2.75, 3.05) is 0 Å². The van der Waals surface area contributed by atoms with Gasteiger partial charge < -0.3 is 14.9 Å². The SMILES string of the molecule is C=C1C(=O)O[C@@H]2[C@H]1[C@H]1C[C@@]1(C)[C@@H]1C[C@H](O)[C@H](C)[C@]21O. The minimum atomic E-state index is -1.10. The number of fused-ring (bicyclic) bond motifs is 6. The number of carbonyl (C=O) groups excluding carboxylic acids is 1. The van der Waals surface area contributed by atoms with E-state index in [2.05, 4.69) is 13.5 Å². The lowest BCUT2D eigenvalue weighted by molar-refractivity contribution is -0.187. The smallest absolute Gasteiger partial charge is 0.334 e. The second-order valence-electron chi connectivity index (χ2n) is 7.22. The van der Waals surface area contributed by atoms with Crippen LogP contribution in [0, 0.1) is 29.1 Å². The molecular formula is C15H20O4. The molecule has 8 atom stereocenters. The van der Waals surface area contributed by atoms with E-state index in [0.717, 1.165) is 6.42 Å². The summed E-state index contributed by atoms with van der Waals surface area (Å²) in [5.74, 6) is -0.297. The van der Waals surface area contributed by atoms with Crippen LogP contribution >= 0.6 is 0 Å². The predicted octanol–water partition coefficient (Wildman–Crippen LogP) is 0.872. The topological polar surface area (TPSA) is 66.8 Å². The summed E-state index contributed by atoms with van der Waals surface area (Å²) in [5, 5.41) is 21.4. The molecule has 1 aliphatic heterocycles. The molecule has 0 radical (unpaired) electrons. The number of hydrogen-bond acceptors (Lipinski definition) is 4. The largest absolute Gasteiger partial charge is 0.455 e. The van der Waals surface area contributed by atoms with Gasteiger partial charge in [-0.3, -0.25) is 0 Å². The summed E-state index contributed by atoms with van der Waals surface area (Å²) in [5.41, 5.74) is -0.557. The lowest BCUT2D eigenvalue weighted by atomic mass is 9.62. The fraction of sp³-hybridized carbons (Fsp3) is 0.800. The second kappa shape index (κ2) is 3.07. The van der Waals surface area contributed by atoms with Gasteiger partial charge in [-0.2, -0.15) is 0 Å². The van der Waals surface area contributed by atoms with Crippen molar-refractivity contribution in [2.45, 2.75) is 44.5 Å². The lowest BCUT2D eigenvalue weighted by Crippen LogP contribution is -2.58. The van der Waals surface area contributed by atoms with Crippen molar-refractivity contribution in [3.63, 3.8) is 0 Å². The van der Waals surface area contributed by atoms with Gasteiger partial charge in [-0.1, -0.05) is 20.4 Å². The highest BCUT2D eigenvalue weighted by molar-refractivity contribution is 5.91. The number of aliphatic hydroxyl groups excluding tert-OH is 1. The molecule has 3 aliphatic carbocycles. The van der Waals surface area contributed by atoms with Crippen molar-refractivity contribution in [3.8, 4) is 0 Å². The fourth-order valence-corrected chi connectivity index (χ4v) is 5.29. The molecule has 1 saturated heterocycles. The Labute approximate surface area is 112 Å². The van der Waals surface area contributed by atoms with Crippen LogP contribution in [0.3, 0.4) is 0 Å². The van der Waals surface area contributed by atoms with E-state index in [1.54, 1.807) is 0 Å². The third kappa shape index (κ3) is 1.08. The molecule has 4 fully saturated rings. The van der Waals surface area contributed by atoms with Gasteiger partial charge in [-0.25, -0.2) is 4.79 Å². The van der Waals surface area contributed by atoms with Crippen LogP contribution in [0.2, 0.25) is 0 Å². The molecule has 104 valence electrons. The van der Waals surface area contributed by atoms with Crippen molar-refractivity contribution in [1.29, 1.82) is 0 Å². The van der Waals surface area contributed by atoms with E-state index in [4.69, 9.17) is 4.74 Å². The van der Waals surface area contributed by atoms with E-state index >= 15 is 0 Å². The summed E-state index contributed by atoms with van der Waals surface area (Å²) in [4.78, 5) is 11.8. The molecule has 0 unspecified atom stereocenters. The summed E-state index contributed by atoms with van der Waals surface area (Å²) < 4.78 is 5.46. The van der Waals surface area contributed by atoms with Crippen molar-refractivity contribution < 1.29 is 19.7 Å². The van der Waals surface area contributed by atoms with Gasteiger partial charge in [0.1, 0.15) is 11.7 Å². The molecule has 0 bridgehead atoms. The van der Waals surface area contributed by atoms with Gasteiger partial charge >= 0.3 is 5.97 Å². The molecule has 1 heterocycles. The number of ether oxygens (including phenoxy) is 1. The van der Waals surface area contributed by atoms with E-state index in [0.29, 0.717) is 17.9 Å². The van der Waals surface area contributed by atoms with Crippen molar-refractivity contribution in [1.82, 2.24) is 0 Å². The zero-order valence-corrected chi connectivity index (χ0v) is 11.3. The molecule has 19 heavy (non-hydrogen) atoms. The monoisotopic (exact) mass is 264 g/mol. The Balaban J connectivity index is 1.86. The highest BCUT2D eigenvalue weighted by Gasteiger charge is 2.78. The second-order valence-corrected chi connectivity index (χ2v) is 7.22. The summed E-state index contributed by atoms with van der Waals surface area (Å²) in [6, 6.07) is 0. The van der Waals surface area contributed by atoms with Crippen LogP contribution < -0.4 is 0 Å². The fourth-order valence-electron chi connectivity index (χ4n) is 5.29. The van der Waals surface area contributed by atoms with E-state index in [-0.39, 0.29) is 29.1 Å². The average molecular weight is 264 g/mol. The average Bonchev–Trinajstić information content (AvgIpc) is 2.86. The van der Waals surface area contributed by atoms with E-state index in [9.17, 15) is 15.0 Å². The number of rotatable bonds is 0. The van der Waals surface area contributed by atoms with E-state index in [1.807, 2.05) is 6.92 Å². The van der Waals surface area contributed by atoms with Gasteiger partial charge in [0.2, 0.25) is 0 Å². The summed E-state index contributed by atoms with van der Waals surface area (Å²) in [7, 11) is 0. The van der Waals surface area contributed by atoms with Gasteiger partial charge in [0, 0.05) is 17.4 Å². The number of carbonyl (C=O) groups is 1. The molecule has 0 aromatic rings. The highest BCUT2D eigenvalue weighted by Crippen LogP contribution is 2.74. The normalized spacial score (nSPS) is 62.3. The van der Waals surface area contributed by atoms with Crippen molar-refractivity contribution in [2.24, 2.45) is 29.1 Å². The van der Waals surface area contributed by atoms with Crippen molar-refractivity contribution >= 4 is 5.97 Å². The maximum Gasteiger partial charge on any atom is 0.334 e. The van der Waals surface area contributed by atoms with Crippen LogP contribution in [-0.4, -0.2) is 34.0 Å². The Morgan fingerprint density at radius 1 is 1.47 bits per heavy atom.